The minimum Gasteiger partial charge on any atom is -0.299 e. The van der Waals surface area contributed by atoms with Crippen LogP contribution >= 0.6 is 0 Å². The van der Waals surface area contributed by atoms with Crippen LogP contribution in [0.3, 0.4) is 0 Å². The van der Waals surface area contributed by atoms with Gasteiger partial charge in [-0.1, -0.05) is 41.5 Å². The van der Waals surface area contributed by atoms with E-state index in [0.717, 1.165) is 32.1 Å². The van der Waals surface area contributed by atoms with Gasteiger partial charge in [-0.15, -0.1) is 0 Å². The molecule has 1 nitrogen and oxygen atoms in total. The first kappa shape index (κ1) is 12.6. The van der Waals surface area contributed by atoms with Crippen LogP contribution < -0.4 is 0 Å². The largest absolute Gasteiger partial charge is 0.299 e. The van der Waals surface area contributed by atoms with E-state index < -0.39 is 0 Å². The van der Waals surface area contributed by atoms with Gasteiger partial charge in [0.05, 0.1) is 5.41 Å². The number of allylic oxidation sites excluding steroid dienone is 2. The molecule has 0 aromatic heterocycles. The van der Waals surface area contributed by atoms with Gasteiger partial charge >= 0.3 is 0 Å². The first-order chi connectivity index (χ1) is 10.7. The molecule has 1 heteroatoms. The zero-order valence-corrected chi connectivity index (χ0v) is 13.0. The van der Waals surface area contributed by atoms with Crippen molar-refractivity contribution in [1.29, 1.82) is 0 Å². The van der Waals surface area contributed by atoms with Gasteiger partial charge in [0.25, 0.3) is 0 Å². The summed E-state index contributed by atoms with van der Waals surface area (Å²) in [6.07, 6.45) is 7.27. The highest BCUT2D eigenvalue weighted by Gasteiger charge is 2.54. The maximum absolute atomic E-state index is 12.9. The standard InChI is InChI=1S/C21H20O/c1-13-2-4-15-11-19-16(10-17(15)8-13)5-7-20(22)21(19)12-14-3-6-18(21)9-14/h2-4,8,10-11,18H,5-7,9,12H2,1H3. The number of carbonyl (C=O) groups is 1. The van der Waals surface area contributed by atoms with Crippen molar-refractivity contribution in [1.82, 2.24) is 0 Å². The molecule has 2 aromatic carbocycles. The molecule has 0 amide bonds. The van der Waals surface area contributed by atoms with Gasteiger partial charge in [-0.3, -0.25) is 4.79 Å². The second-order valence-corrected chi connectivity index (χ2v) is 7.43. The monoisotopic (exact) mass is 288 g/mol. The second kappa shape index (κ2) is 4.10. The Hall–Kier alpha value is -1.89. The zero-order valence-electron chi connectivity index (χ0n) is 13.0. The van der Waals surface area contributed by atoms with Crippen LogP contribution in [0, 0.1) is 12.8 Å². The fourth-order valence-corrected chi connectivity index (χ4v) is 5.16. The molecule has 0 aliphatic heterocycles. The van der Waals surface area contributed by atoms with Crippen LogP contribution in [0.4, 0.5) is 0 Å². The summed E-state index contributed by atoms with van der Waals surface area (Å²) in [4.78, 5) is 12.9. The number of fused-ring (bicyclic) bond motifs is 6. The lowest BCUT2D eigenvalue weighted by atomic mass is 9.61. The highest BCUT2D eigenvalue weighted by molar-refractivity contribution is 5.96. The summed E-state index contributed by atoms with van der Waals surface area (Å²) >= 11 is 0. The van der Waals surface area contributed by atoms with E-state index in [0.29, 0.717) is 11.7 Å². The molecule has 0 radical (unpaired) electrons. The predicted molar refractivity (Wildman–Crippen MR) is 89.1 cm³/mol. The van der Waals surface area contributed by atoms with Crippen molar-refractivity contribution in [3.63, 3.8) is 0 Å². The van der Waals surface area contributed by atoms with Gasteiger partial charge < -0.3 is 0 Å². The molecule has 5 rings (SSSR count). The summed E-state index contributed by atoms with van der Waals surface area (Å²) in [5.74, 6) is 1.02. The highest BCUT2D eigenvalue weighted by atomic mass is 16.1. The zero-order chi connectivity index (χ0) is 14.9. The lowest BCUT2D eigenvalue weighted by molar-refractivity contribution is -0.126. The van der Waals surface area contributed by atoms with Crippen LogP contribution in [0.2, 0.25) is 0 Å². The SMILES string of the molecule is Cc1ccc2cc3c(cc2c1)CCC(=O)C31CC2=CCC1C2. The van der Waals surface area contributed by atoms with E-state index in [-0.39, 0.29) is 5.41 Å². The quantitative estimate of drug-likeness (QED) is 0.645. The average molecular weight is 288 g/mol. The number of carbonyl (C=O) groups excluding carboxylic acids is 1. The molecule has 3 aliphatic rings. The molecule has 2 unspecified atom stereocenters. The Kier molecular flexibility index (Phi) is 2.35. The molecule has 2 aromatic rings. The summed E-state index contributed by atoms with van der Waals surface area (Å²) in [6, 6.07) is 11.3. The maximum atomic E-state index is 12.9. The third-order valence-electron chi connectivity index (χ3n) is 6.22. The number of hydrogen-bond acceptors (Lipinski definition) is 1. The summed E-state index contributed by atoms with van der Waals surface area (Å²) in [7, 11) is 0. The van der Waals surface area contributed by atoms with Gasteiger partial charge in [-0.25, -0.2) is 0 Å². The minimum absolute atomic E-state index is 0.184. The molecule has 22 heavy (non-hydrogen) atoms. The Morgan fingerprint density at radius 3 is 2.77 bits per heavy atom. The highest BCUT2D eigenvalue weighted by Crippen LogP contribution is 2.57. The van der Waals surface area contributed by atoms with Gasteiger partial charge in [-0.2, -0.15) is 0 Å². The Bertz CT molecular complexity index is 858. The molecule has 2 atom stereocenters. The number of hydrogen-bond donors (Lipinski definition) is 0. The number of ketones is 1. The van der Waals surface area contributed by atoms with Crippen molar-refractivity contribution < 1.29 is 4.79 Å². The second-order valence-electron chi connectivity index (χ2n) is 7.43. The minimum atomic E-state index is -0.184. The van der Waals surface area contributed by atoms with E-state index in [2.05, 4.69) is 43.3 Å². The third-order valence-corrected chi connectivity index (χ3v) is 6.22. The fourth-order valence-electron chi connectivity index (χ4n) is 5.16. The first-order valence-corrected chi connectivity index (χ1v) is 8.42. The number of Topliss-reactive ketones (excluding diaryl/α,β-unsaturated/α-hetero) is 1. The van der Waals surface area contributed by atoms with Crippen molar-refractivity contribution in [3.05, 3.63) is 58.7 Å². The van der Waals surface area contributed by atoms with Crippen molar-refractivity contribution in [2.24, 2.45) is 5.92 Å². The van der Waals surface area contributed by atoms with Gasteiger partial charge in [0, 0.05) is 6.42 Å². The molecule has 0 saturated heterocycles. The topological polar surface area (TPSA) is 17.1 Å². The van der Waals surface area contributed by atoms with Crippen molar-refractivity contribution in [3.8, 4) is 0 Å². The van der Waals surface area contributed by atoms with Crippen LogP contribution in [0.25, 0.3) is 10.8 Å². The fraction of sp³-hybridized carbons (Fsp3) is 0.381. The van der Waals surface area contributed by atoms with E-state index in [4.69, 9.17) is 0 Å². The molecular formula is C21H20O. The summed E-state index contributed by atoms with van der Waals surface area (Å²) in [5, 5.41) is 2.61. The smallest absolute Gasteiger partial charge is 0.144 e. The van der Waals surface area contributed by atoms with Crippen molar-refractivity contribution in [2.45, 2.75) is 44.4 Å². The van der Waals surface area contributed by atoms with Crippen LogP contribution in [-0.2, 0) is 16.6 Å². The van der Waals surface area contributed by atoms with E-state index >= 15 is 0 Å². The molecule has 0 heterocycles. The van der Waals surface area contributed by atoms with E-state index in [9.17, 15) is 4.79 Å². The van der Waals surface area contributed by atoms with Crippen LogP contribution in [0.5, 0.6) is 0 Å². The van der Waals surface area contributed by atoms with E-state index in [1.54, 1.807) is 0 Å². The number of rotatable bonds is 0. The maximum Gasteiger partial charge on any atom is 0.144 e. The van der Waals surface area contributed by atoms with Gasteiger partial charge in [0.1, 0.15) is 5.78 Å². The third kappa shape index (κ3) is 1.47. The molecule has 2 bridgehead atoms. The van der Waals surface area contributed by atoms with Crippen molar-refractivity contribution in [2.75, 3.05) is 0 Å². The molecule has 3 aliphatic carbocycles. The first-order valence-electron chi connectivity index (χ1n) is 8.42. The van der Waals surface area contributed by atoms with Gasteiger partial charge in [-0.05, 0) is 66.5 Å². The Morgan fingerprint density at radius 1 is 1.09 bits per heavy atom. The van der Waals surface area contributed by atoms with Crippen LogP contribution in [-0.4, -0.2) is 5.78 Å². The summed E-state index contributed by atoms with van der Waals surface area (Å²) in [5.41, 5.74) is 5.42. The molecule has 0 N–H and O–H groups in total. The lowest BCUT2D eigenvalue weighted by Gasteiger charge is -2.40. The number of aryl methyl sites for hydroxylation is 2. The molecule has 1 saturated carbocycles. The average Bonchev–Trinajstić information content (AvgIpc) is 3.11. The van der Waals surface area contributed by atoms with E-state index in [1.807, 2.05) is 0 Å². The molecule has 1 spiro atoms. The summed E-state index contributed by atoms with van der Waals surface area (Å²) < 4.78 is 0. The summed E-state index contributed by atoms with van der Waals surface area (Å²) in [6.45, 7) is 2.15. The van der Waals surface area contributed by atoms with Gasteiger partial charge in [0.15, 0.2) is 0 Å². The Morgan fingerprint density at radius 2 is 2.00 bits per heavy atom. The lowest BCUT2D eigenvalue weighted by Crippen LogP contribution is -2.43. The normalized spacial score (nSPS) is 29.2. The van der Waals surface area contributed by atoms with E-state index in [1.165, 1.54) is 33.0 Å². The van der Waals surface area contributed by atoms with Crippen molar-refractivity contribution >= 4 is 16.6 Å². The predicted octanol–water partition coefficient (Wildman–Crippen LogP) is 4.64. The molecule has 110 valence electrons. The van der Waals surface area contributed by atoms with Gasteiger partial charge in [0.2, 0.25) is 0 Å². The molecule has 1 fully saturated rings. The van der Waals surface area contributed by atoms with Crippen LogP contribution in [0.1, 0.15) is 42.4 Å². The Labute approximate surface area is 131 Å². The molecular weight excluding hydrogens is 268 g/mol. The Balaban J connectivity index is 1.79. The number of benzene rings is 2. The van der Waals surface area contributed by atoms with Crippen LogP contribution in [0.15, 0.2) is 42.0 Å².